The number of esters is 2. The minimum absolute atomic E-state index is 0.170. The normalized spacial score (nSPS) is 13.0. The number of carbonyl (C=O) groups is 2. The van der Waals surface area contributed by atoms with Gasteiger partial charge in [0.15, 0.2) is 0 Å². The molecule has 0 bridgehead atoms. The van der Waals surface area contributed by atoms with Gasteiger partial charge >= 0.3 is 11.9 Å². The summed E-state index contributed by atoms with van der Waals surface area (Å²) in [6.07, 6.45) is 4.60. The van der Waals surface area contributed by atoms with Crippen molar-refractivity contribution < 1.29 is 29.3 Å². The zero-order valence-electron chi connectivity index (χ0n) is 12.9. The van der Waals surface area contributed by atoms with Gasteiger partial charge in [0.25, 0.3) is 0 Å². The first kappa shape index (κ1) is 20.3. The molecule has 0 radical (unpaired) electrons. The quantitative estimate of drug-likeness (QED) is 0.304. The number of rotatable bonds is 13. The van der Waals surface area contributed by atoms with Gasteiger partial charge in [-0.2, -0.15) is 0 Å². The molecule has 2 N–H and O–H groups in total. The third-order valence-electron chi connectivity index (χ3n) is 3.05. The average molecular weight is 314 g/mol. The van der Waals surface area contributed by atoms with E-state index in [1.807, 2.05) is 0 Å². The molecule has 0 amide bonds. The Morgan fingerprint density at radius 2 is 1.18 bits per heavy atom. The predicted molar refractivity (Wildman–Crippen MR) is 82.0 cm³/mol. The largest absolute Gasteiger partial charge is 0.462 e. The molecule has 0 aromatic rings. The number of aliphatic hydroxyl groups is 2. The number of aliphatic hydroxyl groups excluding tert-OH is 2. The van der Waals surface area contributed by atoms with Gasteiger partial charge in [-0.25, -0.2) is 9.59 Å². The van der Waals surface area contributed by atoms with Crippen LogP contribution in [0.25, 0.3) is 0 Å². The second kappa shape index (κ2) is 13.0. The predicted octanol–water partition coefficient (Wildman–Crippen LogP) is 1.51. The van der Waals surface area contributed by atoms with Crippen molar-refractivity contribution in [1.82, 2.24) is 0 Å². The molecule has 0 fully saturated rings. The topological polar surface area (TPSA) is 93.1 Å². The van der Waals surface area contributed by atoms with E-state index in [0.717, 1.165) is 25.0 Å². The van der Waals surface area contributed by atoms with Gasteiger partial charge in [0.05, 0.1) is 25.4 Å². The van der Waals surface area contributed by atoms with Crippen molar-refractivity contribution in [1.29, 1.82) is 0 Å². The zero-order chi connectivity index (χ0) is 16.8. The molecular weight excluding hydrogens is 288 g/mol. The fourth-order valence-corrected chi connectivity index (χ4v) is 1.76. The number of hydrogen-bond acceptors (Lipinski definition) is 6. The molecule has 2 atom stereocenters. The molecule has 0 aliphatic carbocycles. The molecule has 0 aromatic carbocycles. The monoisotopic (exact) mass is 314 g/mol. The molecule has 0 spiro atoms. The maximum absolute atomic E-state index is 10.8. The molecule has 126 valence electrons. The molecule has 0 aliphatic heterocycles. The zero-order valence-corrected chi connectivity index (χ0v) is 12.9. The Balaban J connectivity index is 3.50. The van der Waals surface area contributed by atoms with Crippen LogP contribution < -0.4 is 0 Å². The second-order valence-electron chi connectivity index (χ2n) is 4.91. The van der Waals surface area contributed by atoms with Gasteiger partial charge in [0.1, 0.15) is 0 Å². The summed E-state index contributed by atoms with van der Waals surface area (Å²) < 4.78 is 9.55. The van der Waals surface area contributed by atoms with Gasteiger partial charge < -0.3 is 19.7 Å². The van der Waals surface area contributed by atoms with E-state index in [0.29, 0.717) is 25.7 Å². The van der Waals surface area contributed by atoms with Crippen LogP contribution in [0.3, 0.4) is 0 Å². The van der Waals surface area contributed by atoms with Gasteiger partial charge in [-0.3, -0.25) is 0 Å². The maximum Gasteiger partial charge on any atom is 0.330 e. The summed E-state index contributed by atoms with van der Waals surface area (Å²) >= 11 is 0. The molecule has 22 heavy (non-hydrogen) atoms. The van der Waals surface area contributed by atoms with Gasteiger partial charge in [-0.05, 0) is 12.8 Å². The maximum atomic E-state index is 10.8. The van der Waals surface area contributed by atoms with Crippen LogP contribution in [0.2, 0.25) is 0 Å². The van der Waals surface area contributed by atoms with E-state index in [9.17, 15) is 19.8 Å². The lowest BCUT2D eigenvalue weighted by molar-refractivity contribution is -0.139. The first-order chi connectivity index (χ1) is 10.5. The first-order valence-corrected chi connectivity index (χ1v) is 7.44. The molecule has 2 unspecified atom stereocenters. The summed E-state index contributed by atoms with van der Waals surface area (Å²) in [5.41, 5.74) is 0. The summed E-state index contributed by atoms with van der Waals surface area (Å²) in [6.45, 7) is 6.90. The SMILES string of the molecule is C=CC(=O)OCCC(O)CCCCC(O)CCOC(=O)C=C. The smallest absolute Gasteiger partial charge is 0.330 e. The molecule has 0 rings (SSSR count). The van der Waals surface area contributed by atoms with Crippen LogP contribution in [-0.4, -0.2) is 47.6 Å². The first-order valence-electron chi connectivity index (χ1n) is 7.44. The average Bonchev–Trinajstić information content (AvgIpc) is 2.51. The van der Waals surface area contributed by atoms with Gasteiger partial charge in [0, 0.05) is 25.0 Å². The fraction of sp³-hybridized carbons (Fsp3) is 0.625. The van der Waals surface area contributed by atoms with Crippen molar-refractivity contribution in [2.45, 2.75) is 50.7 Å². The van der Waals surface area contributed by atoms with Crippen molar-refractivity contribution in [2.75, 3.05) is 13.2 Å². The highest BCUT2D eigenvalue weighted by Crippen LogP contribution is 2.10. The summed E-state index contributed by atoms with van der Waals surface area (Å²) in [5, 5.41) is 19.4. The second-order valence-corrected chi connectivity index (χ2v) is 4.91. The van der Waals surface area contributed by atoms with Crippen LogP contribution in [-0.2, 0) is 19.1 Å². The summed E-state index contributed by atoms with van der Waals surface area (Å²) in [6, 6.07) is 0. The molecule has 6 heteroatoms. The molecule has 0 aliphatic rings. The minimum atomic E-state index is -0.525. The highest BCUT2D eigenvalue weighted by atomic mass is 16.5. The lowest BCUT2D eigenvalue weighted by atomic mass is 10.0. The van der Waals surface area contributed by atoms with Crippen LogP contribution in [0.5, 0.6) is 0 Å². The van der Waals surface area contributed by atoms with Crippen molar-refractivity contribution in [3.05, 3.63) is 25.3 Å². The van der Waals surface area contributed by atoms with Gasteiger partial charge in [-0.1, -0.05) is 26.0 Å². The highest BCUT2D eigenvalue weighted by Gasteiger charge is 2.08. The Labute approximate surface area is 131 Å². The van der Waals surface area contributed by atoms with Crippen molar-refractivity contribution in [3.8, 4) is 0 Å². The fourth-order valence-electron chi connectivity index (χ4n) is 1.76. The molecule has 6 nitrogen and oxygen atoms in total. The number of carbonyl (C=O) groups excluding carboxylic acids is 2. The van der Waals surface area contributed by atoms with Crippen LogP contribution >= 0.6 is 0 Å². The molecule has 0 heterocycles. The van der Waals surface area contributed by atoms with E-state index < -0.39 is 24.1 Å². The standard InChI is InChI=1S/C16H26O6/c1-3-15(19)21-11-9-13(17)7-5-6-8-14(18)10-12-22-16(20)4-2/h3-4,13-14,17-18H,1-2,5-12H2. The van der Waals surface area contributed by atoms with Crippen molar-refractivity contribution >= 4 is 11.9 Å². The summed E-state index contributed by atoms with van der Waals surface area (Å²) in [5.74, 6) is -0.986. The van der Waals surface area contributed by atoms with Crippen molar-refractivity contribution in [2.24, 2.45) is 0 Å². The Hall–Kier alpha value is -1.66. The number of ether oxygens (including phenoxy) is 2. The van der Waals surface area contributed by atoms with E-state index in [-0.39, 0.29) is 13.2 Å². The third-order valence-corrected chi connectivity index (χ3v) is 3.05. The third kappa shape index (κ3) is 12.1. The van der Waals surface area contributed by atoms with Gasteiger partial charge in [0.2, 0.25) is 0 Å². The van der Waals surface area contributed by atoms with E-state index in [1.165, 1.54) is 0 Å². The molecular formula is C16H26O6. The lowest BCUT2D eigenvalue weighted by Gasteiger charge is -2.12. The van der Waals surface area contributed by atoms with Crippen LogP contribution in [0, 0.1) is 0 Å². The molecule has 0 saturated carbocycles. The highest BCUT2D eigenvalue weighted by molar-refractivity contribution is 5.81. The van der Waals surface area contributed by atoms with Crippen LogP contribution in [0.1, 0.15) is 38.5 Å². The number of hydrogen-bond donors (Lipinski definition) is 2. The summed E-state index contributed by atoms with van der Waals surface area (Å²) in [4.78, 5) is 21.6. The van der Waals surface area contributed by atoms with Crippen LogP contribution in [0.15, 0.2) is 25.3 Å². The Bertz CT molecular complexity index is 319. The van der Waals surface area contributed by atoms with E-state index >= 15 is 0 Å². The molecule has 0 saturated heterocycles. The van der Waals surface area contributed by atoms with Crippen molar-refractivity contribution in [3.63, 3.8) is 0 Å². The van der Waals surface area contributed by atoms with Crippen LogP contribution in [0.4, 0.5) is 0 Å². The lowest BCUT2D eigenvalue weighted by Crippen LogP contribution is -2.14. The Morgan fingerprint density at radius 3 is 1.50 bits per heavy atom. The Morgan fingerprint density at radius 1 is 0.818 bits per heavy atom. The van der Waals surface area contributed by atoms with E-state index in [1.54, 1.807) is 0 Å². The minimum Gasteiger partial charge on any atom is -0.462 e. The van der Waals surface area contributed by atoms with E-state index in [2.05, 4.69) is 13.2 Å². The molecule has 0 aromatic heterocycles. The Kier molecular flexibility index (Phi) is 12.1. The number of unbranched alkanes of at least 4 members (excludes halogenated alkanes) is 1. The van der Waals surface area contributed by atoms with Gasteiger partial charge in [-0.15, -0.1) is 0 Å². The van der Waals surface area contributed by atoms with E-state index in [4.69, 9.17) is 9.47 Å². The summed E-state index contributed by atoms with van der Waals surface area (Å²) in [7, 11) is 0.